The second-order valence-electron chi connectivity index (χ2n) is 5.13. The van der Waals surface area contributed by atoms with E-state index < -0.39 is 27.9 Å². The molecule has 2 aromatic rings. The van der Waals surface area contributed by atoms with Gasteiger partial charge in [0.2, 0.25) is 10.0 Å². The second kappa shape index (κ2) is 7.97. The average Bonchev–Trinajstić information content (AvgIpc) is 2.48. The molecule has 0 radical (unpaired) electrons. The highest BCUT2D eigenvalue weighted by atomic mass is 79.9. The van der Waals surface area contributed by atoms with Crippen molar-refractivity contribution in [2.24, 2.45) is 0 Å². The molecule has 0 fully saturated rings. The van der Waals surface area contributed by atoms with E-state index in [4.69, 9.17) is 0 Å². The lowest BCUT2D eigenvalue weighted by molar-refractivity contribution is -0.106. The lowest BCUT2D eigenvalue weighted by atomic mass is 10.1. The Morgan fingerprint density at radius 3 is 2.15 bits per heavy atom. The van der Waals surface area contributed by atoms with Crippen LogP contribution in [-0.4, -0.2) is 26.3 Å². The van der Waals surface area contributed by atoms with Crippen LogP contribution in [0.1, 0.15) is 10.4 Å². The molecular weight excluding hydrogens is 505 g/mol. The third-order valence-corrected chi connectivity index (χ3v) is 5.21. The minimum absolute atomic E-state index is 0.131. The third-order valence-electron chi connectivity index (χ3n) is 2.95. The molecule has 5 nitrogen and oxygen atoms in total. The first-order chi connectivity index (χ1) is 12.0. The Morgan fingerprint density at radius 2 is 1.58 bits per heavy atom. The SMILES string of the molecule is O=C(Nc1ccc(Br)cc1)c1cc(Br)ccc1NS(=O)(=O)CC(F)(F)F. The van der Waals surface area contributed by atoms with Crippen LogP contribution in [0.25, 0.3) is 0 Å². The van der Waals surface area contributed by atoms with Crippen LogP contribution in [0.5, 0.6) is 0 Å². The van der Waals surface area contributed by atoms with Crippen LogP contribution >= 0.6 is 31.9 Å². The molecule has 140 valence electrons. The zero-order valence-corrected chi connectivity index (χ0v) is 16.8. The van der Waals surface area contributed by atoms with Crippen molar-refractivity contribution >= 4 is 59.2 Å². The topological polar surface area (TPSA) is 75.3 Å². The number of benzene rings is 2. The smallest absolute Gasteiger partial charge is 0.322 e. The van der Waals surface area contributed by atoms with Crippen molar-refractivity contribution in [3.05, 3.63) is 57.0 Å². The molecule has 0 spiro atoms. The van der Waals surface area contributed by atoms with Crippen molar-refractivity contribution < 1.29 is 26.4 Å². The molecule has 0 aliphatic heterocycles. The average molecular weight is 516 g/mol. The van der Waals surface area contributed by atoms with Gasteiger partial charge in [0.1, 0.15) is 0 Å². The van der Waals surface area contributed by atoms with E-state index in [0.29, 0.717) is 10.2 Å². The van der Waals surface area contributed by atoms with Gasteiger partial charge in [-0.15, -0.1) is 0 Å². The fourth-order valence-electron chi connectivity index (χ4n) is 1.94. The van der Waals surface area contributed by atoms with Gasteiger partial charge in [0, 0.05) is 14.6 Å². The number of carbonyl (C=O) groups is 1. The zero-order valence-electron chi connectivity index (χ0n) is 12.8. The van der Waals surface area contributed by atoms with Crippen LogP contribution in [0.3, 0.4) is 0 Å². The van der Waals surface area contributed by atoms with Crippen LogP contribution < -0.4 is 10.0 Å². The molecule has 2 rings (SSSR count). The maximum atomic E-state index is 12.4. The summed E-state index contributed by atoms with van der Waals surface area (Å²) in [6, 6.07) is 10.5. The lowest BCUT2D eigenvalue weighted by Crippen LogP contribution is -2.28. The van der Waals surface area contributed by atoms with Gasteiger partial charge < -0.3 is 5.32 Å². The van der Waals surface area contributed by atoms with Gasteiger partial charge in [-0.05, 0) is 42.5 Å². The molecule has 1 amide bonds. The number of amides is 1. The summed E-state index contributed by atoms with van der Waals surface area (Å²) in [5.74, 6) is -2.73. The number of anilines is 2. The van der Waals surface area contributed by atoms with Gasteiger partial charge in [-0.3, -0.25) is 9.52 Å². The van der Waals surface area contributed by atoms with Gasteiger partial charge >= 0.3 is 6.18 Å². The van der Waals surface area contributed by atoms with E-state index in [1.165, 1.54) is 18.2 Å². The summed E-state index contributed by atoms with van der Waals surface area (Å²) in [4.78, 5) is 12.4. The number of alkyl halides is 3. The Balaban J connectivity index is 2.29. The molecule has 0 unspecified atom stereocenters. The van der Waals surface area contributed by atoms with Gasteiger partial charge in [0.15, 0.2) is 5.75 Å². The number of carbonyl (C=O) groups excluding carboxylic acids is 1. The summed E-state index contributed by atoms with van der Waals surface area (Å²) in [6.07, 6.45) is -4.90. The molecule has 0 bridgehead atoms. The standard InChI is InChI=1S/C15H11Br2F3N2O3S/c16-9-1-4-11(5-2-9)21-14(23)12-7-10(17)3-6-13(12)22-26(24,25)8-15(18,19)20/h1-7,22H,8H2,(H,21,23). The minimum atomic E-state index is -4.90. The van der Waals surface area contributed by atoms with Crippen LogP contribution in [-0.2, 0) is 10.0 Å². The highest BCUT2D eigenvalue weighted by Crippen LogP contribution is 2.25. The molecule has 0 heterocycles. The summed E-state index contributed by atoms with van der Waals surface area (Å²) in [6.45, 7) is 0. The molecule has 0 aliphatic carbocycles. The largest absolute Gasteiger partial charge is 0.404 e. The number of nitrogens with one attached hydrogen (secondary N) is 2. The Labute approximate surface area is 164 Å². The predicted molar refractivity (Wildman–Crippen MR) is 99.7 cm³/mol. The number of hydrogen-bond acceptors (Lipinski definition) is 3. The first kappa shape index (κ1) is 20.7. The van der Waals surface area contributed by atoms with Gasteiger partial charge in [-0.25, -0.2) is 8.42 Å². The molecular formula is C15H11Br2F3N2O3S. The van der Waals surface area contributed by atoms with E-state index in [1.807, 2.05) is 4.72 Å². The van der Waals surface area contributed by atoms with Crippen LogP contribution in [0, 0.1) is 0 Å². The Bertz CT molecular complexity index is 917. The van der Waals surface area contributed by atoms with E-state index in [2.05, 4.69) is 37.2 Å². The normalized spacial score (nSPS) is 11.9. The highest BCUT2D eigenvalue weighted by molar-refractivity contribution is 9.10. The molecule has 0 saturated carbocycles. The molecule has 0 aliphatic rings. The maximum Gasteiger partial charge on any atom is 0.404 e. The number of halogens is 5. The molecule has 26 heavy (non-hydrogen) atoms. The van der Waals surface area contributed by atoms with Gasteiger partial charge in [-0.2, -0.15) is 13.2 Å². The quantitative estimate of drug-likeness (QED) is 0.602. The van der Waals surface area contributed by atoms with Crippen molar-refractivity contribution in [1.82, 2.24) is 0 Å². The summed E-state index contributed by atoms with van der Waals surface area (Å²) < 4.78 is 63.6. The summed E-state index contributed by atoms with van der Waals surface area (Å²) >= 11 is 6.39. The minimum Gasteiger partial charge on any atom is -0.322 e. The highest BCUT2D eigenvalue weighted by Gasteiger charge is 2.35. The van der Waals surface area contributed by atoms with Crippen LogP contribution in [0.4, 0.5) is 24.5 Å². The van der Waals surface area contributed by atoms with Crippen LogP contribution in [0.2, 0.25) is 0 Å². The van der Waals surface area contributed by atoms with Crippen molar-refractivity contribution in [2.45, 2.75) is 6.18 Å². The maximum absolute atomic E-state index is 12.4. The molecule has 2 aromatic carbocycles. The van der Waals surface area contributed by atoms with Crippen molar-refractivity contribution in [3.63, 3.8) is 0 Å². The number of hydrogen-bond donors (Lipinski definition) is 2. The summed E-state index contributed by atoms with van der Waals surface area (Å²) in [5, 5.41) is 2.55. The van der Waals surface area contributed by atoms with E-state index in [0.717, 1.165) is 4.47 Å². The van der Waals surface area contributed by atoms with Crippen molar-refractivity contribution in [1.29, 1.82) is 0 Å². The van der Waals surface area contributed by atoms with E-state index in [-0.39, 0.29) is 11.3 Å². The first-order valence-corrected chi connectivity index (χ1v) is 10.1. The Kier molecular flexibility index (Phi) is 6.35. The van der Waals surface area contributed by atoms with Gasteiger partial charge in [0.25, 0.3) is 5.91 Å². The molecule has 0 atom stereocenters. The Hall–Kier alpha value is -1.59. The van der Waals surface area contributed by atoms with Crippen LogP contribution in [0.15, 0.2) is 51.4 Å². The van der Waals surface area contributed by atoms with E-state index in [9.17, 15) is 26.4 Å². The van der Waals surface area contributed by atoms with Crippen molar-refractivity contribution in [3.8, 4) is 0 Å². The first-order valence-electron chi connectivity index (χ1n) is 6.89. The second-order valence-corrected chi connectivity index (χ2v) is 8.68. The number of rotatable bonds is 5. The predicted octanol–water partition coefficient (Wildman–Crippen LogP) is 4.77. The van der Waals surface area contributed by atoms with Crippen molar-refractivity contribution in [2.75, 3.05) is 15.8 Å². The lowest BCUT2D eigenvalue weighted by Gasteiger charge is -2.14. The van der Waals surface area contributed by atoms with E-state index in [1.54, 1.807) is 24.3 Å². The fourth-order valence-corrected chi connectivity index (χ4v) is 3.59. The molecule has 0 aromatic heterocycles. The fraction of sp³-hybridized carbons (Fsp3) is 0.133. The monoisotopic (exact) mass is 514 g/mol. The molecule has 0 saturated heterocycles. The number of sulfonamides is 1. The summed E-state index contributed by atoms with van der Waals surface area (Å²) in [7, 11) is -4.72. The van der Waals surface area contributed by atoms with Gasteiger partial charge in [0.05, 0.1) is 11.3 Å². The van der Waals surface area contributed by atoms with E-state index >= 15 is 0 Å². The van der Waals surface area contributed by atoms with Gasteiger partial charge in [-0.1, -0.05) is 31.9 Å². The zero-order chi connectivity index (χ0) is 19.5. The molecule has 11 heteroatoms. The Morgan fingerprint density at radius 1 is 1.00 bits per heavy atom. The third kappa shape index (κ3) is 6.29. The summed E-state index contributed by atoms with van der Waals surface area (Å²) in [5.41, 5.74) is 0.0439. The molecule has 2 N–H and O–H groups in total.